The molecule has 1 aromatic carbocycles. The normalized spacial score (nSPS) is 21.6. The van der Waals surface area contributed by atoms with Crippen molar-refractivity contribution in [2.24, 2.45) is 5.92 Å². The number of aliphatic hydroxyl groups is 1. The number of alkyl halides is 2. The van der Waals surface area contributed by atoms with E-state index in [1.165, 1.54) is 0 Å². The van der Waals surface area contributed by atoms with Crippen LogP contribution in [0.2, 0.25) is 0 Å². The molecule has 1 aliphatic rings. The van der Waals surface area contributed by atoms with E-state index >= 15 is 0 Å². The summed E-state index contributed by atoms with van der Waals surface area (Å²) >= 11 is 0. The first-order valence-corrected chi connectivity index (χ1v) is 6.22. The Hall–Kier alpha value is -1.16. The van der Waals surface area contributed by atoms with Crippen LogP contribution in [0.25, 0.3) is 0 Å². The summed E-state index contributed by atoms with van der Waals surface area (Å²) in [5, 5.41) is 10.2. The van der Waals surface area contributed by atoms with E-state index in [0.717, 1.165) is 5.56 Å². The number of halogens is 2. The summed E-state index contributed by atoms with van der Waals surface area (Å²) < 4.78 is 31.2. The first-order chi connectivity index (χ1) is 8.52. The molecule has 0 aliphatic heterocycles. The average molecular weight is 256 g/mol. The Balaban J connectivity index is 2.05. The van der Waals surface area contributed by atoms with Gasteiger partial charge in [0.1, 0.15) is 5.75 Å². The summed E-state index contributed by atoms with van der Waals surface area (Å²) in [6.45, 7) is 0. The maximum absolute atomic E-state index is 13.1. The number of hydrogen-bond acceptors (Lipinski definition) is 2. The maximum atomic E-state index is 13.1. The molecule has 100 valence electrons. The van der Waals surface area contributed by atoms with E-state index in [0.29, 0.717) is 18.6 Å². The van der Waals surface area contributed by atoms with Gasteiger partial charge in [0.05, 0.1) is 13.2 Å². The van der Waals surface area contributed by atoms with Gasteiger partial charge in [0.2, 0.25) is 5.92 Å². The van der Waals surface area contributed by atoms with Crippen molar-refractivity contribution in [3.8, 4) is 5.75 Å². The Morgan fingerprint density at radius 3 is 2.61 bits per heavy atom. The number of ether oxygens (including phenoxy) is 1. The van der Waals surface area contributed by atoms with E-state index in [-0.39, 0.29) is 18.8 Å². The molecule has 0 aromatic heterocycles. The molecule has 0 heterocycles. The van der Waals surface area contributed by atoms with Crippen LogP contribution < -0.4 is 4.74 Å². The minimum atomic E-state index is -2.55. The van der Waals surface area contributed by atoms with Gasteiger partial charge in [-0.15, -0.1) is 0 Å². The first-order valence-electron chi connectivity index (χ1n) is 6.22. The minimum Gasteiger partial charge on any atom is -0.497 e. The fraction of sp³-hybridized carbons (Fsp3) is 0.571. The van der Waals surface area contributed by atoms with Gasteiger partial charge >= 0.3 is 0 Å². The minimum absolute atomic E-state index is 0.0864. The molecule has 2 nitrogen and oxygen atoms in total. The van der Waals surface area contributed by atoms with Crippen molar-refractivity contribution in [2.45, 2.75) is 37.7 Å². The Bertz CT molecular complexity index is 397. The van der Waals surface area contributed by atoms with E-state index in [4.69, 9.17) is 4.74 Å². The predicted molar refractivity (Wildman–Crippen MR) is 64.9 cm³/mol. The molecule has 1 fully saturated rings. The molecule has 0 bridgehead atoms. The zero-order valence-corrected chi connectivity index (χ0v) is 10.4. The lowest BCUT2D eigenvalue weighted by molar-refractivity contribution is -0.0627. The van der Waals surface area contributed by atoms with Gasteiger partial charge in [0, 0.05) is 12.8 Å². The van der Waals surface area contributed by atoms with Crippen molar-refractivity contribution >= 4 is 0 Å². The molecule has 1 atom stereocenters. The lowest BCUT2D eigenvalue weighted by atomic mass is 9.81. The van der Waals surface area contributed by atoms with Gasteiger partial charge in [-0.25, -0.2) is 8.78 Å². The van der Waals surface area contributed by atoms with E-state index < -0.39 is 12.0 Å². The van der Waals surface area contributed by atoms with Gasteiger partial charge in [-0.3, -0.25) is 0 Å². The highest BCUT2D eigenvalue weighted by Crippen LogP contribution is 2.41. The van der Waals surface area contributed by atoms with Gasteiger partial charge in [0.15, 0.2) is 0 Å². The summed E-state index contributed by atoms with van der Waals surface area (Å²) in [4.78, 5) is 0. The third-order valence-electron chi connectivity index (χ3n) is 3.64. The fourth-order valence-corrected chi connectivity index (χ4v) is 2.48. The van der Waals surface area contributed by atoms with Gasteiger partial charge in [0.25, 0.3) is 0 Å². The Kier molecular flexibility index (Phi) is 3.85. The van der Waals surface area contributed by atoms with Crippen molar-refractivity contribution in [3.63, 3.8) is 0 Å². The second kappa shape index (κ2) is 5.22. The van der Waals surface area contributed by atoms with E-state index in [2.05, 4.69) is 0 Å². The van der Waals surface area contributed by atoms with Crippen molar-refractivity contribution in [2.75, 3.05) is 7.11 Å². The topological polar surface area (TPSA) is 29.5 Å². The number of rotatable bonds is 3. The van der Waals surface area contributed by atoms with Gasteiger partial charge in [-0.2, -0.15) is 0 Å². The summed E-state index contributed by atoms with van der Waals surface area (Å²) in [5.41, 5.74) is 0.740. The molecule has 0 saturated heterocycles. The second-order valence-electron chi connectivity index (χ2n) is 4.91. The highest BCUT2D eigenvalue weighted by atomic mass is 19.3. The second-order valence-corrected chi connectivity index (χ2v) is 4.91. The van der Waals surface area contributed by atoms with Crippen LogP contribution in [-0.2, 0) is 0 Å². The standard InChI is InChI=1S/C14H18F2O2/c1-18-12-4-2-3-11(9-12)13(17)10-5-7-14(15,16)8-6-10/h2-4,9-10,13,17H,5-8H2,1H3. The molecule has 4 heteroatoms. The monoisotopic (exact) mass is 256 g/mol. The van der Waals surface area contributed by atoms with Crippen molar-refractivity contribution in [1.82, 2.24) is 0 Å². The molecular weight excluding hydrogens is 238 g/mol. The molecule has 0 radical (unpaired) electrons. The maximum Gasteiger partial charge on any atom is 0.248 e. The molecule has 0 amide bonds. The quantitative estimate of drug-likeness (QED) is 0.896. The molecule has 1 N–H and O–H groups in total. The molecule has 0 spiro atoms. The van der Waals surface area contributed by atoms with Crippen LogP contribution in [0, 0.1) is 5.92 Å². The van der Waals surface area contributed by atoms with Gasteiger partial charge in [-0.05, 0) is 36.5 Å². The van der Waals surface area contributed by atoms with Crippen molar-refractivity contribution in [3.05, 3.63) is 29.8 Å². The zero-order valence-electron chi connectivity index (χ0n) is 10.4. The molecule has 1 saturated carbocycles. The molecule has 18 heavy (non-hydrogen) atoms. The molecule has 1 aromatic rings. The zero-order chi connectivity index (χ0) is 13.2. The molecule has 2 rings (SSSR count). The van der Waals surface area contributed by atoms with Crippen LogP contribution in [0.1, 0.15) is 37.4 Å². The van der Waals surface area contributed by atoms with Crippen LogP contribution in [0.5, 0.6) is 5.75 Å². The van der Waals surface area contributed by atoms with Gasteiger partial charge in [-0.1, -0.05) is 12.1 Å². The van der Waals surface area contributed by atoms with Crippen LogP contribution in [0.4, 0.5) is 8.78 Å². The first kappa shape index (κ1) is 13.3. The Labute approximate surface area is 106 Å². The van der Waals surface area contributed by atoms with E-state index in [9.17, 15) is 13.9 Å². The summed E-state index contributed by atoms with van der Waals surface area (Å²) in [5.74, 6) is -1.96. The molecule has 1 aliphatic carbocycles. The largest absolute Gasteiger partial charge is 0.497 e. The number of methoxy groups -OCH3 is 1. The van der Waals surface area contributed by atoms with Crippen LogP contribution in [0.15, 0.2) is 24.3 Å². The van der Waals surface area contributed by atoms with Crippen LogP contribution >= 0.6 is 0 Å². The summed E-state index contributed by atoms with van der Waals surface area (Å²) in [6.07, 6.45) is -0.204. The smallest absolute Gasteiger partial charge is 0.248 e. The SMILES string of the molecule is COc1cccc(C(O)C2CCC(F)(F)CC2)c1. The average Bonchev–Trinajstić information content (AvgIpc) is 2.38. The van der Waals surface area contributed by atoms with Crippen LogP contribution in [0.3, 0.4) is 0 Å². The van der Waals surface area contributed by atoms with E-state index in [1.807, 2.05) is 0 Å². The summed E-state index contributed by atoms with van der Waals surface area (Å²) in [7, 11) is 1.56. The number of hydrogen-bond donors (Lipinski definition) is 1. The highest BCUT2D eigenvalue weighted by molar-refractivity contribution is 5.30. The van der Waals surface area contributed by atoms with E-state index in [1.54, 1.807) is 31.4 Å². The molecular formula is C14H18F2O2. The number of benzene rings is 1. The Morgan fingerprint density at radius 2 is 2.00 bits per heavy atom. The third kappa shape index (κ3) is 2.99. The van der Waals surface area contributed by atoms with Gasteiger partial charge < -0.3 is 9.84 Å². The van der Waals surface area contributed by atoms with Crippen LogP contribution in [-0.4, -0.2) is 18.1 Å². The highest BCUT2D eigenvalue weighted by Gasteiger charge is 2.37. The fourth-order valence-electron chi connectivity index (χ4n) is 2.48. The lowest BCUT2D eigenvalue weighted by Crippen LogP contribution is -2.27. The number of aliphatic hydroxyl groups excluding tert-OH is 1. The lowest BCUT2D eigenvalue weighted by Gasteiger charge is -2.31. The summed E-state index contributed by atoms with van der Waals surface area (Å²) in [6, 6.07) is 7.16. The predicted octanol–water partition coefficient (Wildman–Crippen LogP) is 3.55. The van der Waals surface area contributed by atoms with Crippen molar-refractivity contribution in [1.29, 1.82) is 0 Å². The Morgan fingerprint density at radius 1 is 1.33 bits per heavy atom. The van der Waals surface area contributed by atoms with Crippen molar-refractivity contribution < 1.29 is 18.6 Å². The molecule has 1 unspecified atom stereocenters. The third-order valence-corrected chi connectivity index (χ3v) is 3.64.